The average molecular weight is 376 g/mol. The Morgan fingerprint density at radius 1 is 1.27 bits per heavy atom. The molecule has 0 bridgehead atoms. The van der Waals surface area contributed by atoms with Crippen molar-refractivity contribution in [2.45, 2.75) is 31.4 Å². The smallest absolute Gasteiger partial charge is 0.271 e. The van der Waals surface area contributed by atoms with Crippen LogP contribution < -0.4 is 10.6 Å². The zero-order valence-electron chi connectivity index (χ0n) is 14.3. The summed E-state index contributed by atoms with van der Waals surface area (Å²) in [5.41, 5.74) is 3.20. The molecule has 2 aromatic heterocycles. The van der Waals surface area contributed by atoms with Crippen LogP contribution in [0.5, 0.6) is 5.75 Å². The fraction of sp³-hybridized carbons (Fsp3) is 0.312. The predicted octanol–water partition coefficient (Wildman–Crippen LogP) is 2.09. The number of aromatic nitrogens is 5. The highest BCUT2D eigenvalue weighted by Gasteiger charge is 2.19. The third-order valence-corrected chi connectivity index (χ3v) is 4.95. The third-order valence-electron chi connectivity index (χ3n) is 3.95. The normalized spacial score (nSPS) is 13.5. The summed E-state index contributed by atoms with van der Waals surface area (Å²) in [6.07, 6.45) is 0. The third kappa shape index (κ3) is 3.01. The van der Waals surface area contributed by atoms with Gasteiger partial charge in [0.1, 0.15) is 11.6 Å². The Morgan fingerprint density at radius 3 is 2.88 bits per heavy atom. The van der Waals surface area contributed by atoms with Gasteiger partial charge in [0, 0.05) is 22.6 Å². The lowest BCUT2D eigenvalue weighted by atomic mass is 10.1. The van der Waals surface area contributed by atoms with Gasteiger partial charge in [0.2, 0.25) is 5.16 Å². The second-order valence-corrected chi connectivity index (χ2v) is 6.89. The highest BCUT2D eigenvalue weighted by Crippen LogP contribution is 2.33. The van der Waals surface area contributed by atoms with Gasteiger partial charge in [0.15, 0.2) is 6.79 Å². The van der Waals surface area contributed by atoms with Gasteiger partial charge in [0.05, 0.1) is 12.3 Å². The summed E-state index contributed by atoms with van der Waals surface area (Å²) in [5.74, 6) is 7.32. The number of nitrogens with zero attached hydrogens (tertiary/aromatic N) is 5. The van der Waals surface area contributed by atoms with Crippen LogP contribution in [0.1, 0.15) is 22.5 Å². The van der Waals surface area contributed by atoms with Crippen LogP contribution in [0, 0.1) is 19.7 Å². The molecule has 136 valence electrons. The Bertz CT molecular complexity index is 970. The summed E-state index contributed by atoms with van der Waals surface area (Å²) in [6.45, 7) is 4.30. The summed E-state index contributed by atoms with van der Waals surface area (Å²) in [4.78, 5) is 0. The number of fused-ring (bicyclic) bond motifs is 1. The molecule has 0 unspecified atom stereocenters. The van der Waals surface area contributed by atoms with Gasteiger partial charge < -0.3 is 15.3 Å². The van der Waals surface area contributed by atoms with Gasteiger partial charge in [-0.05, 0) is 32.0 Å². The average Bonchev–Trinajstić information content (AvgIpc) is 3.13. The van der Waals surface area contributed by atoms with E-state index in [9.17, 15) is 4.39 Å². The first-order valence-electron chi connectivity index (χ1n) is 7.91. The second-order valence-electron chi connectivity index (χ2n) is 5.94. The lowest BCUT2D eigenvalue weighted by molar-refractivity contribution is -0.0171. The van der Waals surface area contributed by atoms with Crippen molar-refractivity contribution in [3.63, 3.8) is 0 Å². The van der Waals surface area contributed by atoms with Crippen LogP contribution in [0.2, 0.25) is 0 Å². The van der Waals surface area contributed by atoms with Crippen molar-refractivity contribution in [3.8, 4) is 11.7 Å². The molecule has 2 N–H and O–H groups in total. The minimum atomic E-state index is -0.328. The molecule has 0 fully saturated rings. The molecule has 0 spiro atoms. The predicted molar refractivity (Wildman–Crippen MR) is 93.0 cm³/mol. The van der Waals surface area contributed by atoms with E-state index in [1.807, 2.05) is 19.9 Å². The number of nitrogen functional groups attached to an aromatic ring is 1. The van der Waals surface area contributed by atoms with E-state index in [2.05, 4.69) is 15.3 Å². The van der Waals surface area contributed by atoms with Crippen molar-refractivity contribution < 1.29 is 13.9 Å². The van der Waals surface area contributed by atoms with E-state index in [0.29, 0.717) is 34.8 Å². The number of rotatable bonds is 4. The Morgan fingerprint density at radius 2 is 2.12 bits per heavy atom. The molecule has 1 aromatic carbocycles. The molecular formula is C16H17FN6O2S. The maximum atomic E-state index is 13.8. The summed E-state index contributed by atoms with van der Waals surface area (Å²) >= 11 is 1.35. The molecule has 1 aliphatic heterocycles. The summed E-state index contributed by atoms with van der Waals surface area (Å²) < 4.78 is 27.6. The van der Waals surface area contributed by atoms with Crippen molar-refractivity contribution in [2.24, 2.45) is 0 Å². The Hall–Kier alpha value is -2.59. The fourth-order valence-corrected chi connectivity index (χ4v) is 3.67. The second kappa shape index (κ2) is 6.61. The molecule has 3 aromatic rings. The van der Waals surface area contributed by atoms with Crippen molar-refractivity contribution in [1.29, 1.82) is 0 Å². The molecule has 4 rings (SSSR count). The summed E-state index contributed by atoms with van der Waals surface area (Å²) in [7, 11) is 0. The van der Waals surface area contributed by atoms with E-state index in [1.165, 1.54) is 28.6 Å². The molecule has 8 nitrogen and oxygen atoms in total. The standard InChI is InChI=1S/C16H17FN6O2S/c1-9-3-10(2)23(21-9)15-19-20-16(22(15)18)26-7-12-5-13(17)4-11-6-24-8-25-14(11)12/h3-5H,6-8,18H2,1-2H3. The van der Waals surface area contributed by atoms with Gasteiger partial charge in [0.25, 0.3) is 5.95 Å². The number of ether oxygens (including phenoxy) is 2. The Balaban J connectivity index is 1.58. The monoisotopic (exact) mass is 376 g/mol. The van der Waals surface area contributed by atoms with E-state index < -0.39 is 0 Å². The minimum absolute atomic E-state index is 0.158. The summed E-state index contributed by atoms with van der Waals surface area (Å²) in [5, 5.41) is 13.1. The van der Waals surface area contributed by atoms with Crippen LogP contribution in [0.3, 0.4) is 0 Å². The molecule has 0 amide bonds. The van der Waals surface area contributed by atoms with Crippen molar-refractivity contribution in [1.82, 2.24) is 24.7 Å². The van der Waals surface area contributed by atoms with Gasteiger partial charge in [-0.25, -0.2) is 13.7 Å². The molecule has 0 radical (unpaired) electrons. The van der Waals surface area contributed by atoms with Crippen molar-refractivity contribution in [2.75, 3.05) is 12.6 Å². The van der Waals surface area contributed by atoms with E-state index in [4.69, 9.17) is 15.3 Å². The highest BCUT2D eigenvalue weighted by molar-refractivity contribution is 7.98. The van der Waals surface area contributed by atoms with Crippen LogP contribution in [-0.2, 0) is 17.1 Å². The first-order valence-corrected chi connectivity index (χ1v) is 8.90. The minimum Gasteiger partial charge on any atom is -0.467 e. The topological polar surface area (TPSA) is 93.0 Å². The highest BCUT2D eigenvalue weighted by atomic mass is 32.2. The van der Waals surface area contributed by atoms with E-state index in [1.54, 1.807) is 4.68 Å². The number of aryl methyl sites for hydroxylation is 2. The Labute approximate surface area is 153 Å². The van der Waals surface area contributed by atoms with Crippen LogP contribution in [0.15, 0.2) is 23.4 Å². The van der Waals surface area contributed by atoms with E-state index in [-0.39, 0.29) is 12.6 Å². The van der Waals surface area contributed by atoms with Gasteiger partial charge in [-0.15, -0.1) is 10.2 Å². The molecule has 0 saturated heterocycles. The molecule has 0 atom stereocenters. The van der Waals surface area contributed by atoms with Gasteiger partial charge in [-0.1, -0.05) is 11.8 Å². The number of hydrogen-bond acceptors (Lipinski definition) is 7. The van der Waals surface area contributed by atoms with Crippen LogP contribution in [-0.4, -0.2) is 31.4 Å². The maximum Gasteiger partial charge on any atom is 0.271 e. The first kappa shape index (κ1) is 16.9. The van der Waals surface area contributed by atoms with Gasteiger partial charge >= 0.3 is 0 Å². The number of nitrogens with two attached hydrogens (primary N) is 1. The first-order chi connectivity index (χ1) is 12.5. The van der Waals surface area contributed by atoms with E-state index in [0.717, 1.165) is 17.0 Å². The quantitative estimate of drug-likeness (QED) is 0.550. The SMILES string of the molecule is Cc1cc(C)n(-c2nnc(SCc3cc(F)cc4c3OCOC4)n2N)n1. The van der Waals surface area contributed by atoms with Crippen molar-refractivity contribution in [3.05, 3.63) is 46.5 Å². The van der Waals surface area contributed by atoms with Crippen molar-refractivity contribution >= 4 is 11.8 Å². The largest absolute Gasteiger partial charge is 0.467 e. The number of hydrogen-bond donors (Lipinski definition) is 1. The molecule has 0 aliphatic carbocycles. The number of benzene rings is 1. The Kier molecular flexibility index (Phi) is 4.29. The van der Waals surface area contributed by atoms with Crippen LogP contribution >= 0.6 is 11.8 Å². The zero-order valence-corrected chi connectivity index (χ0v) is 15.1. The van der Waals surface area contributed by atoms with Crippen LogP contribution in [0.25, 0.3) is 5.95 Å². The molecule has 1 aliphatic rings. The lowest BCUT2D eigenvalue weighted by Gasteiger charge is -2.20. The van der Waals surface area contributed by atoms with Gasteiger partial charge in [-0.2, -0.15) is 5.10 Å². The summed E-state index contributed by atoms with van der Waals surface area (Å²) in [6, 6.07) is 4.81. The molecule has 10 heteroatoms. The fourth-order valence-electron chi connectivity index (χ4n) is 2.85. The van der Waals surface area contributed by atoms with E-state index >= 15 is 0 Å². The molecule has 3 heterocycles. The number of thioether (sulfide) groups is 1. The maximum absolute atomic E-state index is 13.8. The lowest BCUT2D eigenvalue weighted by Crippen LogP contribution is -2.17. The van der Waals surface area contributed by atoms with Gasteiger partial charge in [-0.3, -0.25) is 0 Å². The zero-order chi connectivity index (χ0) is 18.3. The molecule has 26 heavy (non-hydrogen) atoms. The molecule has 0 saturated carbocycles. The molecular weight excluding hydrogens is 359 g/mol. The van der Waals surface area contributed by atoms with Crippen LogP contribution in [0.4, 0.5) is 4.39 Å². The number of halogens is 1.